The van der Waals surface area contributed by atoms with Gasteiger partial charge in [0.05, 0.1) is 31.8 Å². The van der Waals surface area contributed by atoms with E-state index in [1.54, 1.807) is 0 Å². The van der Waals surface area contributed by atoms with Gasteiger partial charge in [0.15, 0.2) is 0 Å². The molecule has 5 nitrogen and oxygen atoms in total. The molecular formula is C6H14O5. The Morgan fingerprint density at radius 1 is 0.909 bits per heavy atom. The molecule has 0 unspecified atom stereocenters. The van der Waals surface area contributed by atoms with Crippen LogP contribution in [0.5, 0.6) is 0 Å². The number of hydrogen-bond acceptors (Lipinski definition) is 5. The molecular weight excluding hydrogens is 152 g/mol. The van der Waals surface area contributed by atoms with Crippen LogP contribution in [0.3, 0.4) is 0 Å². The lowest BCUT2D eigenvalue weighted by molar-refractivity contribution is -0.0939. The fourth-order valence-electron chi connectivity index (χ4n) is 0.549. The van der Waals surface area contributed by atoms with Crippen molar-refractivity contribution in [3.8, 4) is 0 Å². The van der Waals surface area contributed by atoms with E-state index >= 15 is 0 Å². The Morgan fingerprint density at radius 2 is 1.36 bits per heavy atom. The molecule has 0 atom stereocenters. The third kappa shape index (κ3) is 3.13. The van der Waals surface area contributed by atoms with Crippen LogP contribution in [0.25, 0.3) is 0 Å². The highest BCUT2D eigenvalue weighted by atomic mass is 16.6. The highest BCUT2D eigenvalue weighted by molar-refractivity contribution is 4.75. The topological polar surface area (TPSA) is 90.2 Å². The lowest BCUT2D eigenvalue weighted by atomic mass is 9.93. The lowest BCUT2D eigenvalue weighted by Gasteiger charge is -2.26. The molecule has 0 aromatic carbocycles. The summed E-state index contributed by atoms with van der Waals surface area (Å²) in [6.07, 6.45) is 0. The first-order chi connectivity index (χ1) is 5.24. The normalized spacial score (nSPS) is 12.0. The van der Waals surface area contributed by atoms with E-state index in [2.05, 4.69) is 4.74 Å². The largest absolute Gasteiger partial charge is 0.396 e. The molecule has 0 spiro atoms. The van der Waals surface area contributed by atoms with E-state index in [1.807, 2.05) is 0 Å². The van der Waals surface area contributed by atoms with Crippen LogP contribution >= 0.6 is 0 Å². The van der Waals surface area contributed by atoms with Crippen LogP contribution < -0.4 is 0 Å². The maximum absolute atomic E-state index is 8.72. The Morgan fingerprint density at radius 3 is 1.64 bits per heavy atom. The van der Waals surface area contributed by atoms with Crippen LogP contribution in [0, 0.1) is 5.41 Å². The average molecular weight is 166 g/mol. The Bertz CT molecular complexity index is 82.7. The zero-order valence-electron chi connectivity index (χ0n) is 6.23. The lowest BCUT2D eigenvalue weighted by Crippen LogP contribution is -2.38. The summed E-state index contributed by atoms with van der Waals surface area (Å²) in [4.78, 5) is 0. The number of rotatable bonds is 6. The van der Waals surface area contributed by atoms with Gasteiger partial charge in [0, 0.05) is 0 Å². The van der Waals surface area contributed by atoms with Crippen molar-refractivity contribution in [3.63, 3.8) is 0 Å². The van der Waals surface area contributed by atoms with Crippen LogP contribution in [0.2, 0.25) is 0 Å². The standard InChI is InChI=1S/C6H14O5/c7-1-6(2-8,3-9)4-11-5-10/h7-10H,1-5H2. The van der Waals surface area contributed by atoms with Gasteiger partial charge in [0.1, 0.15) is 6.79 Å². The van der Waals surface area contributed by atoms with Crippen molar-refractivity contribution in [3.05, 3.63) is 0 Å². The number of ether oxygens (including phenoxy) is 1. The minimum absolute atomic E-state index is 0.0625. The van der Waals surface area contributed by atoms with E-state index < -0.39 is 12.2 Å². The van der Waals surface area contributed by atoms with Gasteiger partial charge in [-0.2, -0.15) is 0 Å². The smallest absolute Gasteiger partial charge is 0.143 e. The summed E-state index contributed by atoms with van der Waals surface area (Å²) in [5, 5.41) is 34.4. The molecule has 0 aromatic heterocycles. The van der Waals surface area contributed by atoms with Crippen LogP contribution in [0.1, 0.15) is 0 Å². The van der Waals surface area contributed by atoms with Gasteiger partial charge in [-0.05, 0) is 0 Å². The molecule has 0 fully saturated rings. The van der Waals surface area contributed by atoms with Crippen LogP contribution in [0.15, 0.2) is 0 Å². The second-order valence-electron chi connectivity index (χ2n) is 2.45. The number of aliphatic hydroxyl groups excluding tert-OH is 4. The first-order valence-corrected chi connectivity index (χ1v) is 3.26. The van der Waals surface area contributed by atoms with Gasteiger partial charge in [0.2, 0.25) is 0 Å². The molecule has 0 heterocycles. The van der Waals surface area contributed by atoms with Gasteiger partial charge < -0.3 is 25.2 Å². The molecule has 0 aliphatic heterocycles. The first kappa shape index (κ1) is 10.8. The van der Waals surface area contributed by atoms with Gasteiger partial charge in [-0.25, -0.2) is 0 Å². The molecule has 0 amide bonds. The summed E-state index contributed by atoms with van der Waals surface area (Å²) in [5.41, 5.74) is -1.04. The molecule has 68 valence electrons. The average Bonchev–Trinajstić information content (AvgIpc) is 2.08. The molecule has 0 saturated heterocycles. The zero-order valence-corrected chi connectivity index (χ0v) is 6.23. The molecule has 11 heavy (non-hydrogen) atoms. The van der Waals surface area contributed by atoms with Crippen molar-refractivity contribution in [2.75, 3.05) is 33.2 Å². The molecule has 0 aliphatic carbocycles. The molecule has 0 bridgehead atoms. The predicted octanol–water partition coefficient (Wildman–Crippen LogP) is -2.08. The maximum atomic E-state index is 8.72. The van der Waals surface area contributed by atoms with E-state index in [9.17, 15) is 0 Å². The van der Waals surface area contributed by atoms with E-state index in [4.69, 9.17) is 20.4 Å². The minimum Gasteiger partial charge on any atom is -0.396 e. The SMILES string of the molecule is OCOCC(CO)(CO)CO. The number of aliphatic hydroxyl groups is 4. The summed E-state index contributed by atoms with van der Waals surface area (Å²) in [5.74, 6) is 0. The Kier molecular flexibility index (Phi) is 5.35. The van der Waals surface area contributed by atoms with Crippen molar-refractivity contribution < 1.29 is 25.2 Å². The fraction of sp³-hybridized carbons (Fsp3) is 1.00. The quantitative estimate of drug-likeness (QED) is 0.340. The predicted molar refractivity (Wildman–Crippen MR) is 36.7 cm³/mol. The molecule has 0 aromatic rings. The summed E-state index contributed by atoms with van der Waals surface area (Å²) in [7, 11) is 0. The Balaban J connectivity index is 3.84. The van der Waals surface area contributed by atoms with Gasteiger partial charge in [-0.1, -0.05) is 0 Å². The minimum atomic E-state index is -1.04. The molecule has 0 radical (unpaired) electrons. The first-order valence-electron chi connectivity index (χ1n) is 3.26. The summed E-state index contributed by atoms with van der Waals surface area (Å²) >= 11 is 0. The van der Waals surface area contributed by atoms with Gasteiger partial charge in [0.25, 0.3) is 0 Å². The highest BCUT2D eigenvalue weighted by Crippen LogP contribution is 2.14. The van der Waals surface area contributed by atoms with Gasteiger partial charge >= 0.3 is 0 Å². The monoisotopic (exact) mass is 166 g/mol. The Hall–Kier alpha value is -0.200. The third-order valence-electron chi connectivity index (χ3n) is 1.51. The van der Waals surface area contributed by atoms with Gasteiger partial charge in [-0.15, -0.1) is 0 Å². The van der Waals surface area contributed by atoms with Crippen LogP contribution in [-0.2, 0) is 4.74 Å². The second kappa shape index (κ2) is 5.45. The molecule has 5 heteroatoms. The molecule has 4 N–H and O–H groups in total. The van der Waals surface area contributed by atoms with E-state index in [0.717, 1.165) is 0 Å². The zero-order chi connectivity index (χ0) is 8.74. The van der Waals surface area contributed by atoms with E-state index in [0.29, 0.717) is 0 Å². The summed E-state index contributed by atoms with van der Waals surface area (Å²) < 4.78 is 4.55. The van der Waals surface area contributed by atoms with Crippen molar-refractivity contribution in [1.82, 2.24) is 0 Å². The summed E-state index contributed by atoms with van der Waals surface area (Å²) in [6, 6.07) is 0. The van der Waals surface area contributed by atoms with Crippen molar-refractivity contribution >= 4 is 0 Å². The fourth-order valence-corrected chi connectivity index (χ4v) is 0.549. The highest BCUT2D eigenvalue weighted by Gasteiger charge is 2.28. The summed E-state index contributed by atoms with van der Waals surface area (Å²) in [6.45, 7) is -1.67. The van der Waals surface area contributed by atoms with Crippen molar-refractivity contribution in [1.29, 1.82) is 0 Å². The van der Waals surface area contributed by atoms with Crippen LogP contribution in [-0.4, -0.2) is 53.6 Å². The van der Waals surface area contributed by atoms with Crippen molar-refractivity contribution in [2.24, 2.45) is 5.41 Å². The molecule has 0 rings (SSSR count). The van der Waals surface area contributed by atoms with Gasteiger partial charge in [-0.3, -0.25) is 0 Å². The van der Waals surface area contributed by atoms with E-state index in [-0.39, 0.29) is 26.4 Å². The Labute approximate surface area is 64.9 Å². The maximum Gasteiger partial charge on any atom is 0.143 e. The van der Waals surface area contributed by atoms with Crippen molar-refractivity contribution in [2.45, 2.75) is 0 Å². The molecule has 0 aliphatic rings. The molecule has 0 saturated carbocycles. The third-order valence-corrected chi connectivity index (χ3v) is 1.51. The number of hydrogen-bond donors (Lipinski definition) is 4. The second-order valence-corrected chi connectivity index (χ2v) is 2.45. The van der Waals surface area contributed by atoms with Crippen LogP contribution in [0.4, 0.5) is 0 Å². The van der Waals surface area contributed by atoms with E-state index in [1.165, 1.54) is 0 Å².